The molecule has 6 aromatic rings. The zero-order valence-electron chi connectivity index (χ0n) is 26.3. The first-order chi connectivity index (χ1) is 22.7. The van der Waals surface area contributed by atoms with Crippen molar-refractivity contribution in [1.29, 1.82) is 0 Å². The van der Waals surface area contributed by atoms with Crippen LogP contribution in [0.15, 0.2) is 97.1 Å². The number of nitrogens with one attached hydrogen (secondary N) is 1. The van der Waals surface area contributed by atoms with Crippen molar-refractivity contribution in [3.63, 3.8) is 0 Å². The number of rotatable bonds is 13. The van der Waals surface area contributed by atoms with E-state index in [1.165, 1.54) is 0 Å². The van der Waals surface area contributed by atoms with Crippen LogP contribution >= 0.6 is 7.75 Å². The van der Waals surface area contributed by atoms with Crippen LogP contribution in [-0.4, -0.2) is 39.3 Å². The summed E-state index contributed by atoms with van der Waals surface area (Å²) in [7, 11) is -4.22. The highest BCUT2D eigenvalue weighted by molar-refractivity contribution is 7.52. The second-order valence-electron chi connectivity index (χ2n) is 11.1. The molecule has 12 heteroatoms. The van der Waals surface area contributed by atoms with Gasteiger partial charge in [-0.15, -0.1) is 0 Å². The van der Waals surface area contributed by atoms with Gasteiger partial charge >= 0.3 is 13.7 Å². The Labute approximate surface area is 272 Å². The van der Waals surface area contributed by atoms with Crippen molar-refractivity contribution >= 4 is 52.2 Å². The fraction of sp³-hybridized carbons (Fsp3) is 0.229. The van der Waals surface area contributed by atoms with Crippen molar-refractivity contribution in [2.45, 2.75) is 46.1 Å². The van der Waals surface area contributed by atoms with Crippen LogP contribution in [0.1, 0.15) is 26.6 Å². The average Bonchev–Trinajstić information content (AvgIpc) is 3.42. The van der Waals surface area contributed by atoms with Gasteiger partial charge < -0.3 is 24.3 Å². The Morgan fingerprint density at radius 1 is 0.915 bits per heavy atom. The van der Waals surface area contributed by atoms with Gasteiger partial charge in [0, 0.05) is 12.0 Å². The zero-order valence-corrected chi connectivity index (χ0v) is 27.2. The van der Waals surface area contributed by atoms with Crippen molar-refractivity contribution in [3.05, 3.63) is 103 Å². The molecule has 0 saturated carbocycles. The number of imidazole rings is 1. The fourth-order valence-electron chi connectivity index (χ4n) is 5.36. The number of anilines is 1. The molecule has 47 heavy (non-hydrogen) atoms. The number of hydrogen-bond donors (Lipinski definition) is 2. The molecule has 0 aliphatic rings. The van der Waals surface area contributed by atoms with E-state index in [0.717, 1.165) is 21.7 Å². The topological polar surface area (TPSA) is 140 Å². The Morgan fingerprint density at radius 3 is 2.43 bits per heavy atom. The monoisotopic (exact) mass is 653 g/mol. The molecule has 0 radical (unpaired) electrons. The average molecular weight is 654 g/mol. The van der Waals surface area contributed by atoms with Crippen LogP contribution in [0, 0.1) is 0 Å². The molecule has 0 aliphatic heterocycles. The third-order valence-electron chi connectivity index (χ3n) is 7.50. The van der Waals surface area contributed by atoms with Gasteiger partial charge in [0.2, 0.25) is 0 Å². The number of esters is 1. The standard InChI is InChI=1S/C35H36N5O6P/c1-4-43-22-31-38-32-33(29-16-10-11-17-30(29)37-34(32)36)40(31)21-23(2)45-47(42,39-24(3)35(41)44-27-14-6-5-7-15-27)46-28-19-18-25-12-8-9-13-26(25)20-28/h5-20,23-24H,4,21-22H2,1-3H3,(H2,36,37)(H,39,42)/t23-,24+,47?/m1/s1. The Morgan fingerprint density at radius 2 is 1.64 bits per heavy atom. The maximum Gasteiger partial charge on any atom is 0.459 e. The number of benzene rings is 4. The normalized spacial score (nSPS) is 14.2. The number of hydrogen-bond acceptors (Lipinski definition) is 9. The summed E-state index contributed by atoms with van der Waals surface area (Å²) in [6, 6.07) is 28.4. The first-order valence-corrected chi connectivity index (χ1v) is 16.9. The van der Waals surface area contributed by atoms with Crippen LogP contribution in [-0.2, 0) is 31.8 Å². The molecule has 4 aromatic carbocycles. The lowest BCUT2D eigenvalue weighted by molar-refractivity contribution is -0.136. The first-order valence-electron chi connectivity index (χ1n) is 15.4. The van der Waals surface area contributed by atoms with Crippen molar-refractivity contribution in [2.75, 3.05) is 12.3 Å². The van der Waals surface area contributed by atoms with Gasteiger partial charge in [-0.2, -0.15) is 5.09 Å². The summed E-state index contributed by atoms with van der Waals surface area (Å²) in [5, 5.41) is 5.54. The number of nitrogens with zero attached hydrogens (tertiary/aromatic N) is 3. The van der Waals surface area contributed by atoms with Gasteiger partial charge in [0.15, 0.2) is 5.82 Å². The molecule has 2 aromatic heterocycles. The Bertz CT molecular complexity index is 2090. The highest BCUT2D eigenvalue weighted by atomic mass is 31.2. The number of aromatic nitrogens is 3. The third-order valence-corrected chi connectivity index (χ3v) is 9.29. The molecule has 0 spiro atoms. The number of nitrogen functional groups attached to an aromatic ring is 1. The van der Waals surface area contributed by atoms with E-state index in [2.05, 4.69) is 10.1 Å². The number of carbonyl (C=O) groups excluding carboxylic acids is 1. The highest BCUT2D eigenvalue weighted by Gasteiger charge is 2.35. The second-order valence-corrected chi connectivity index (χ2v) is 12.7. The predicted molar refractivity (Wildman–Crippen MR) is 182 cm³/mol. The number of carbonyl (C=O) groups is 1. The lowest BCUT2D eigenvalue weighted by Crippen LogP contribution is -2.37. The number of ether oxygens (including phenoxy) is 2. The van der Waals surface area contributed by atoms with E-state index >= 15 is 0 Å². The zero-order chi connectivity index (χ0) is 33.0. The van der Waals surface area contributed by atoms with Gasteiger partial charge in [-0.05, 0) is 61.9 Å². The van der Waals surface area contributed by atoms with Gasteiger partial charge in [-0.1, -0.05) is 66.7 Å². The Balaban J connectivity index is 1.32. The minimum absolute atomic E-state index is 0.210. The van der Waals surface area contributed by atoms with E-state index in [0.29, 0.717) is 40.8 Å². The van der Waals surface area contributed by atoms with E-state index in [-0.39, 0.29) is 13.2 Å². The molecule has 1 unspecified atom stereocenters. The van der Waals surface area contributed by atoms with Crippen LogP contribution < -0.4 is 20.1 Å². The molecule has 0 amide bonds. The molecule has 2 heterocycles. The summed E-state index contributed by atoms with van der Waals surface area (Å²) >= 11 is 0. The maximum absolute atomic E-state index is 14.6. The van der Waals surface area contributed by atoms with E-state index < -0.39 is 25.9 Å². The predicted octanol–water partition coefficient (Wildman–Crippen LogP) is 7.03. The summed E-state index contributed by atoms with van der Waals surface area (Å²) in [6.07, 6.45) is -0.711. The minimum atomic E-state index is -4.22. The molecule has 0 saturated heterocycles. The van der Waals surface area contributed by atoms with Crippen molar-refractivity contribution < 1.29 is 27.9 Å². The SMILES string of the molecule is CCOCc1nc2c(N)nc3ccccc3c2n1C[C@@H](C)OP(=O)(N[C@@H](C)C(=O)Oc1ccccc1)Oc1ccc2ccccc2c1. The largest absolute Gasteiger partial charge is 0.459 e. The molecule has 6 rings (SSSR count). The maximum atomic E-state index is 14.6. The lowest BCUT2D eigenvalue weighted by Gasteiger charge is -2.26. The minimum Gasteiger partial charge on any atom is -0.425 e. The third kappa shape index (κ3) is 7.29. The van der Waals surface area contributed by atoms with Crippen molar-refractivity contribution in [1.82, 2.24) is 19.6 Å². The van der Waals surface area contributed by atoms with E-state index in [1.807, 2.05) is 72.2 Å². The molecule has 0 bridgehead atoms. The summed E-state index contributed by atoms with van der Waals surface area (Å²) in [5.74, 6) is 0.927. The number of fused-ring (bicyclic) bond motifs is 4. The summed E-state index contributed by atoms with van der Waals surface area (Å²) in [5.41, 5.74) is 8.37. The van der Waals surface area contributed by atoms with Crippen LogP contribution in [0.5, 0.6) is 11.5 Å². The van der Waals surface area contributed by atoms with Crippen LogP contribution in [0.25, 0.3) is 32.7 Å². The van der Waals surface area contributed by atoms with E-state index in [9.17, 15) is 9.36 Å². The van der Waals surface area contributed by atoms with Gasteiger partial charge in [-0.25, -0.2) is 19.3 Å². The molecular formula is C35H36N5O6P. The number of pyridine rings is 1. The van der Waals surface area contributed by atoms with E-state index in [4.69, 9.17) is 29.2 Å². The lowest BCUT2D eigenvalue weighted by atomic mass is 10.1. The van der Waals surface area contributed by atoms with Crippen LogP contribution in [0.4, 0.5) is 5.82 Å². The van der Waals surface area contributed by atoms with Crippen molar-refractivity contribution in [2.24, 2.45) is 0 Å². The smallest absolute Gasteiger partial charge is 0.425 e. The molecule has 242 valence electrons. The highest BCUT2D eigenvalue weighted by Crippen LogP contribution is 2.47. The van der Waals surface area contributed by atoms with Crippen LogP contribution in [0.2, 0.25) is 0 Å². The Kier molecular flexibility index (Phi) is 9.51. The molecule has 11 nitrogen and oxygen atoms in total. The van der Waals surface area contributed by atoms with Crippen LogP contribution in [0.3, 0.4) is 0 Å². The van der Waals surface area contributed by atoms with Gasteiger partial charge in [0.05, 0.1) is 23.7 Å². The molecular weight excluding hydrogens is 617 g/mol. The second kappa shape index (κ2) is 13.9. The first kappa shape index (κ1) is 32.2. The summed E-state index contributed by atoms with van der Waals surface area (Å²) < 4.78 is 40.1. The summed E-state index contributed by atoms with van der Waals surface area (Å²) in [4.78, 5) is 22.4. The number of para-hydroxylation sites is 2. The van der Waals surface area contributed by atoms with E-state index in [1.54, 1.807) is 50.2 Å². The molecule has 3 atom stereocenters. The van der Waals surface area contributed by atoms with Gasteiger partial charge in [0.25, 0.3) is 0 Å². The Hall–Kier alpha value is -4.80. The molecule has 0 aliphatic carbocycles. The van der Waals surface area contributed by atoms with Crippen molar-refractivity contribution in [3.8, 4) is 11.5 Å². The summed E-state index contributed by atoms with van der Waals surface area (Å²) in [6.45, 7) is 6.13. The van der Waals surface area contributed by atoms with Gasteiger partial charge in [-0.3, -0.25) is 4.52 Å². The number of nitrogens with two attached hydrogens (primary N) is 1. The molecule has 0 fully saturated rings. The quantitative estimate of drug-likeness (QED) is 0.0758. The molecule has 3 N–H and O–H groups in total. The van der Waals surface area contributed by atoms with Gasteiger partial charge in [0.1, 0.15) is 35.5 Å². The fourth-order valence-corrected chi connectivity index (χ4v) is 7.02.